The minimum absolute atomic E-state index is 0.0583. The topological polar surface area (TPSA) is 66.6 Å². The van der Waals surface area contributed by atoms with E-state index in [-0.39, 0.29) is 5.91 Å². The van der Waals surface area contributed by atoms with Gasteiger partial charge >= 0.3 is 0 Å². The van der Waals surface area contributed by atoms with E-state index in [1.807, 2.05) is 19.9 Å². The van der Waals surface area contributed by atoms with Crippen molar-refractivity contribution in [3.63, 3.8) is 0 Å². The molecular formula is C15H18N2O3S. The zero-order chi connectivity index (χ0) is 15.0. The van der Waals surface area contributed by atoms with Crippen molar-refractivity contribution < 1.29 is 14.3 Å². The van der Waals surface area contributed by atoms with Gasteiger partial charge in [-0.05, 0) is 38.8 Å². The Morgan fingerprint density at radius 2 is 2.19 bits per heavy atom. The van der Waals surface area contributed by atoms with Crippen LogP contribution in [-0.2, 0) is 0 Å². The van der Waals surface area contributed by atoms with E-state index in [2.05, 4.69) is 4.98 Å². The quantitative estimate of drug-likeness (QED) is 0.926. The summed E-state index contributed by atoms with van der Waals surface area (Å²) in [5, 5.41) is 10.7. The minimum Gasteiger partial charge on any atom is -0.462 e. The Bertz CT molecular complexity index is 636. The zero-order valence-electron chi connectivity index (χ0n) is 12.1. The Morgan fingerprint density at radius 3 is 2.81 bits per heavy atom. The first-order valence-electron chi connectivity index (χ1n) is 6.99. The molecule has 3 heterocycles. The van der Waals surface area contributed by atoms with Gasteiger partial charge in [-0.2, -0.15) is 0 Å². The Labute approximate surface area is 127 Å². The number of aromatic nitrogens is 1. The number of thiazole rings is 1. The number of carbonyl (C=O) groups is 1. The molecule has 1 aliphatic heterocycles. The van der Waals surface area contributed by atoms with E-state index in [0.29, 0.717) is 37.4 Å². The summed E-state index contributed by atoms with van der Waals surface area (Å²) in [6.45, 7) is 4.85. The third kappa shape index (κ3) is 2.87. The summed E-state index contributed by atoms with van der Waals surface area (Å²) >= 11 is 1.46. The Morgan fingerprint density at radius 1 is 1.48 bits per heavy atom. The Kier molecular flexibility index (Phi) is 3.59. The van der Waals surface area contributed by atoms with Crippen molar-refractivity contribution in [1.82, 2.24) is 9.88 Å². The molecule has 0 radical (unpaired) electrons. The predicted molar refractivity (Wildman–Crippen MR) is 80.3 cm³/mol. The predicted octanol–water partition coefficient (Wildman–Crippen LogP) is 2.70. The fraction of sp³-hybridized carbons (Fsp3) is 0.467. The van der Waals surface area contributed by atoms with Gasteiger partial charge in [0, 0.05) is 18.0 Å². The van der Waals surface area contributed by atoms with Crippen LogP contribution in [0.5, 0.6) is 0 Å². The van der Waals surface area contributed by atoms with E-state index in [1.54, 1.807) is 17.2 Å². The van der Waals surface area contributed by atoms with Gasteiger partial charge in [0.05, 0.1) is 11.9 Å². The van der Waals surface area contributed by atoms with Crippen LogP contribution in [0.2, 0.25) is 0 Å². The lowest BCUT2D eigenvalue weighted by atomic mass is 9.94. The van der Waals surface area contributed by atoms with Crippen molar-refractivity contribution in [3.8, 4) is 10.8 Å². The van der Waals surface area contributed by atoms with Crippen LogP contribution in [0.4, 0.5) is 0 Å². The molecule has 0 aromatic carbocycles. The Hall–Kier alpha value is -1.66. The molecule has 2 aromatic heterocycles. The van der Waals surface area contributed by atoms with Crippen molar-refractivity contribution in [2.75, 3.05) is 13.1 Å². The number of hydrogen-bond donors (Lipinski definition) is 1. The lowest BCUT2D eigenvalue weighted by Crippen LogP contribution is -2.45. The molecule has 1 aliphatic rings. The summed E-state index contributed by atoms with van der Waals surface area (Å²) in [6.07, 6.45) is 2.81. The van der Waals surface area contributed by atoms with Gasteiger partial charge in [-0.3, -0.25) is 4.79 Å². The van der Waals surface area contributed by atoms with Gasteiger partial charge in [-0.25, -0.2) is 4.98 Å². The van der Waals surface area contributed by atoms with Crippen molar-refractivity contribution in [2.24, 2.45) is 0 Å². The molecule has 0 aliphatic carbocycles. The maximum Gasteiger partial charge on any atom is 0.273 e. The van der Waals surface area contributed by atoms with Crippen LogP contribution in [0.15, 0.2) is 22.8 Å². The maximum atomic E-state index is 12.6. The first-order valence-corrected chi connectivity index (χ1v) is 7.81. The van der Waals surface area contributed by atoms with Crippen LogP contribution in [0.1, 0.15) is 35.1 Å². The maximum absolute atomic E-state index is 12.6. The highest BCUT2D eigenvalue weighted by Crippen LogP contribution is 2.29. The van der Waals surface area contributed by atoms with Crippen LogP contribution in [0.25, 0.3) is 10.8 Å². The fourth-order valence-corrected chi connectivity index (χ4v) is 3.32. The first kappa shape index (κ1) is 14.3. The molecule has 0 bridgehead atoms. The molecule has 1 amide bonds. The van der Waals surface area contributed by atoms with Crippen LogP contribution in [0, 0.1) is 6.92 Å². The molecule has 21 heavy (non-hydrogen) atoms. The van der Waals surface area contributed by atoms with Gasteiger partial charge in [-0.1, -0.05) is 0 Å². The number of carbonyl (C=O) groups excluding carboxylic acids is 1. The van der Waals surface area contributed by atoms with E-state index in [0.717, 1.165) is 9.88 Å². The highest BCUT2D eigenvalue weighted by atomic mass is 32.1. The van der Waals surface area contributed by atoms with Gasteiger partial charge in [-0.15, -0.1) is 11.3 Å². The number of piperidine rings is 1. The summed E-state index contributed by atoms with van der Waals surface area (Å²) in [5.74, 6) is 0.626. The van der Waals surface area contributed by atoms with E-state index < -0.39 is 5.60 Å². The number of furan rings is 1. The second-order valence-electron chi connectivity index (χ2n) is 5.69. The van der Waals surface area contributed by atoms with E-state index in [9.17, 15) is 9.90 Å². The molecule has 0 saturated carbocycles. The van der Waals surface area contributed by atoms with Gasteiger partial charge in [0.2, 0.25) is 0 Å². The van der Waals surface area contributed by atoms with Crippen LogP contribution < -0.4 is 0 Å². The van der Waals surface area contributed by atoms with Crippen LogP contribution in [-0.4, -0.2) is 39.6 Å². The standard InChI is InChI=1S/C15H18N2O3S/c1-10-12(16-13(21-10)11-4-3-9-20-11)14(18)17-7-5-15(2,19)6-8-17/h3-4,9,19H,5-8H2,1-2H3. The molecule has 6 heteroatoms. The minimum atomic E-state index is -0.659. The molecule has 1 saturated heterocycles. The lowest BCUT2D eigenvalue weighted by molar-refractivity contribution is -0.00218. The molecule has 5 nitrogen and oxygen atoms in total. The van der Waals surface area contributed by atoms with Crippen molar-refractivity contribution in [1.29, 1.82) is 0 Å². The fourth-order valence-electron chi connectivity index (χ4n) is 2.44. The highest BCUT2D eigenvalue weighted by molar-refractivity contribution is 7.15. The molecule has 1 N–H and O–H groups in total. The van der Waals surface area contributed by atoms with Crippen LogP contribution >= 0.6 is 11.3 Å². The summed E-state index contributed by atoms with van der Waals surface area (Å²) in [7, 11) is 0. The van der Waals surface area contributed by atoms with Crippen LogP contribution in [0.3, 0.4) is 0 Å². The molecular weight excluding hydrogens is 288 g/mol. The SMILES string of the molecule is Cc1sc(-c2ccco2)nc1C(=O)N1CCC(C)(O)CC1. The monoisotopic (exact) mass is 306 g/mol. The van der Waals surface area contributed by atoms with E-state index >= 15 is 0 Å². The van der Waals surface area contributed by atoms with Crippen molar-refractivity contribution in [3.05, 3.63) is 29.0 Å². The van der Waals surface area contributed by atoms with Gasteiger partial charge in [0.15, 0.2) is 10.8 Å². The normalized spacial score (nSPS) is 18.0. The molecule has 2 aromatic rings. The van der Waals surface area contributed by atoms with Gasteiger partial charge in [0.25, 0.3) is 5.91 Å². The average molecular weight is 306 g/mol. The number of amides is 1. The number of aliphatic hydroxyl groups is 1. The second-order valence-corrected chi connectivity index (χ2v) is 6.89. The van der Waals surface area contributed by atoms with E-state index in [4.69, 9.17) is 4.42 Å². The number of nitrogens with zero attached hydrogens (tertiary/aromatic N) is 2. The summed E-state index contributed by atoms with van der Waals surface area (Å²) in [6, 6.07) is 3.64. The largest absolute Gasteiger partial charge is 0.462 e. The molecule has 1 fully saturated rings. The summed E-state index contributed by atoms with van der Waals surface area (Å²) < 4.78 is 5.33. The number of hydrogen-bond acceptors (Lipinski definition) is 5. The first-order chi connectivity index (χ1) is 9.96. The highest BCUT2D eigenvalue weighted by Gasteiger charge is 2.31. The third-order valence-electron chi connectivity index (χ3n) is 3.86. The molecule has 0 unspecified atom stereocenters. The average Bonchev–Trinajstić information content (AvgIpc) is 3.07. The molecule has 112 valence electrons. The third-order valence-corrected chi connectivity index (χ3v) is 4.84. The van der Waals surface area contributed by atoms with Crippen molar-refractivity contribution >= 4 is 17.2 Å². The molecule has 0 atom stereocenters. The van der Waals surface area contributed by atoms with Gasteiger partial charge < -0.3 is 14.4 Å². The smallest absolute Gasteiger partial charge is 0.273 e. The zero-order valence-corrected chi connectivity index (χ0v) is 12.9. The summed E-state index contributed by atoms with van der Waals surface area (Å²) in [4.78, 5) is 19.7. The summed E-state index contributed by atoms with van der Waals surface area (Å²) in [5.41, 5.74) is -0.166. The molecule has 0 spiro atoms. The van der Waals surface area contributed by atoms with E-state index in [1.165, 1.54) is 11.3 Å². The second kappa shape index (κ2) is 5.27. The number of aryl methyl sites for hydroxylation is 1. The Balaban J connectivity index is 1.79. The number of likely N-dealkylation sites (tertiary alicyclic amines) is 1. The number of rotatable bonds is 2. The van der Waals surface area contributed by atoms with Gasteiger partial charge in [0.1, 0.15) is 5.69 Å². The molecule has 3 rings (SSSR count). The van der Waals surface area contributed by atoms with Crippen molar-refractivity contribution in [2.45, 2.75) is 32.3 Å². The lowest BCUT2D eigenvalue weighted by Gasteiger charge is -2.35.